The number of aryl methyl sites for hydroxylation is 2. The molecule has 0 spiro atoms. The van der Waals surface area contributed by atoms with Crippen molar-refractivity contribution < 1.29 is 4.74 Å². The standard InChI is InChI=1S/C36H38N4O/c1-24-13-15-40(16-14-24)23-28-6-4-5-26(18-28)7-12-30-19-32-33(20-34(30)41-3)38-22-31-17-25(2)39-36(35(31)32)29-10-8-27(21-37)9-11-29/h4-6,8-11,18-20,22,24-25H,7,12-17,23H2,1-3H3/t25-/m0/s1. The lowest BCUT2D eigenvalue weighted by atomic mass is 9.88. The maximum Gasteiger partial charge on any atom is 0.124 e. The normalized spacial score (nSPS) is 17.6. The fraction of sp³-hybridized carbons (Fsp3) is 0.361. The third-order valence-electron chi connectivity index (χ3n) is 8.69. The minimum absolute atomic E-state index is 0.172. The molecule has 1 saturated heterocycles. The summed E-state index contributed by atoms with van der Waals surface area (Å²) < 4.78 is 5.87. The molecule has 0 radical (unpaired) electrons. The molecule has 0 amide bonds. The van der Waals surface area contributed by atoms with Crippen molar-refractivity contribution in [3.05, 3.63) is 106 Å². The molecule has 208 valence electrons. The van der Waals surface area contributed by atoms with Crippen LogP contribution in [0.3, 0.4) is 0 Å². The first-order valence-electron chi connectivity index (χ1n) is 14.9. The smallest absolute Gasteiger partial charge is 0.124 e. The van der Waals surface area contributed by atoms with E-state index >= 15 is 0 Å². The molecule has 3 aromatic carbocycles. The van der Waals surface area contributed by atoms with E-state index in [1.165, 1.54) is 48.2 Å². The van der Waals surface area contributed by atoms with E-state index < -0.39 is 0 Å². The Bertz CT molecular complexity index is 1620. The van der Waals surface area contributed by atoms with E-state index in [0.717, 1.165) is 65.2 Å². The maximum atomic E-state index is 9.29. The molecule has 5 heteroatoms. The number of benzene rings is 3. The summed E-state index contributed by atoms with van der Waals surface area (Å²) in [5, 5.41) is 10.4. The van der Waals surface area contributed by atoms with Crippen molar-refractivity contribution in [3.8, 4) is 11.8 Å². The van der Waals surface area contributed by atoms with Crippen LogP contribution in [-0.2, 0) is 25.8 Å². The zero-order chi connectivity index (χ0) is 28.3. The molecule has 3 heterocycles. The van der Waals surface area contributed by atoms with Crippen LogP contribution in [0.4, 0.5) is 0 Å². The summed E-state index contributed by atoms with van der Waals surface area (Å²) in [7, 11) is 1.74. The van der Waals surface area contributed by atoms with Crippen molar-refractivity contribution in [2.45, 2.75) is 58.5 Å². The monoisotopic (exact) mass is 542 g/mol. The van der Waals surface area contributed by atoms with Crippen molar-refractivity contribution in [1.29, 1.82) is 5.26 Å². The molecule has 0 unspecified atom stereocenters. The van der Waals surface area contributed by atoms with Gasteiger partial charge in [0.25, 0.3) is 0 Å². The van der Waals surface area contributed by atoms with Crippen LogP contribution in [0, 0.1) is 17.2 Å². The topological polar surface area (TPSA) is 61.5 Å². The Morgan fingerprint density at radius 3 is 2.51 bits per heavy atom. The minimum Gasteiger partial charge on any atom is -0.496 e. The van der Waals surface area contributed by atoms with Gasteiger partial charge in [-0.3, -0.25) is 14.9 Å². The number of likely N-dealkylation sites (tertiary alicyclic amines) is 1. The van der Waals surface area contributed by atoms with Crippen molar-refractivity contribution in [3.63, 3.8) is 0 Å². The quantitative estimate of drug-likeness (QED) is 0.254. The highest BCUT2D eigenvalue weighted by Gasteiger charge is 2.24. The molecule has 1 aromatic heterocycles. The molecular weight excluding hydrogens is 504 g/mol. The largest absolute Gasteiger partial charge is 0.496 e. The first kappa shape index (κ1) is 27.2. The van der Waals surface area contributed by atoms with Gasteiger partial charge in [0.05, 0.1) is 36.0 Å². The first-order valence-corrected chi connectivity index (χ1v) is 14.9. The molecule has 0 saturated carbocycles. The van der Waals surface area contributed by atoms with Gasteiger partial charge in [0, 0.05) is 35.3 Å². The highest BCUT2D eigenvalue weighted by Crippen LogP contribution is 2.34. The lowest BCUT2D eigenvalue weighted by Crippen LogP contribution is -2.32. The van der Waals surface area contributed by atoms with E-state index in [0.29, 0.717) is 5.56 Å². The number of nitriles is 1. The van der Waals surface area contributed by atoms with Gasteiger partial charge in [0.2, 0.25) is 0 Å². The summed E-state index contributed by atoms with van der Waals surface area (Å²) >= 11 is 0. The molecular formula is C36H38N4O. The molecule has 0 N–H and O–H groups in total. The van der Waals surface area contributed by atoms with Crippen molar-refractivity contribution >= 4 is 16.6 Å². The molecule has 5 nitrogen and oxygen atoms in total. The number of rotatable bonds is 7. The number of hydrogen-bond acceptors (Lipinski definition) is 5. The zero-order valence-corrected chi connectivity index (χ0v) is 24.4. The summed E-state index contributed by atoms with van der Waals surface area (Å²) in [6, 6.07) is 23.6. The Morgan fingerprint density at radius 2 is 1.76 bits per heavy atom. The van der Waals surface area contributed by atoms with Gasteiger partial charge < -0.3 is 4.74 Å². The molecule has 41 heavy (non-hydrogen) atoms. The summed E-state index contributed by atoms with van der Waals surface area (Å²) in [5.41, 5.74) is 9.89. The van der Waals surface area contributed by atoms with E-state index in [2.05, 4.69) is 61.2 Å². The van der Waals surface area contributed by atoms with Crippen LogP contribution in [0.25, 0.3) is 10.9 Å². The molecule has 2 aliphatic rings. The number of methoxy groups -OCH3 is 1. The molecule has 6 rings (SSSR count). The predicted molar refractivity (Wildman–Crippen MR) is 166 cm³/mol. The fourth-order valence-corrected chi connectivity index (χ4v) is 6.34. The van der Waals surface area contributed by atoms with Crippen LogP contribution in [0.2, 0.25) is 0 Å². The van der Waals surface area contributed by atoms with Gasteiger partial charge in [-0.25, -0.2) is 0 Å². The van der Waals surface area contributed by atoms with Gasteiger partial charge >= 0.3 is 0 Å². The van der Waals surface area contributed by atoms with Crippen LogP contribution in [-0.4, -0.2) is 41.8 Å². The van der Waals surface area contributed by atoms with Gasteiger partial charge in [0.1, 0.15) is 5.75 Å². The Kier molecular flexibility index (Phi) is 7.85. The molecule has 1 fully saturated rings. The number of nitrogens with zero attached hydrogens (tertiary/aromatic N) is 4. The van der Waals surface area contributed by atoms with E-state index in [-0.39, 0.29) is 6.04 Å². The Balaban J connectivity index is 1.30. The Hall–Kier alpha value is -4.01. The van der Waals surface area contributed by atoms with Crippen LogP contribution < -0.4 is 4.74 Å². The summed E-state index contributed by atoms with van der Waals surface area (Å²) in [4.78, 5) is 12.5. The number of pyridine rings is 1. The maximum absolute atomic E-state index is 9.29. The van der Waals surface area contributed by atoms with Gasteiger partial charge in [-0.1, -0.05) is 43.3 Å². The number of ether oxygens (including phenoxy) is 1. The fourth-order valence-electron chi connectivity index (χ4n) is 6.34. The summed E-state index contributed by atoms with van der Waals surface area (Å²) in [6.45, 7) is 7.95. The predicted octanol–water partition coefficient (Wildman–Crippen LogP) is 6.91. The lowest BCUT2D eigenvalue weighted by Gasteiger charge is -2.30. The average molecular weight is 543 g/mol. The highest BCUT2D eigenvalue weighted by molar-refractivity contribution is 6.20. The van der Waals surface area contributed by atoms with Gasteiger partial charge in [0.15, 0.2) is 0 Å². The van der Waals surface area contributed by atoms with Crippen LogP contribution >= 0.6 is 0 Å². The Labute approximate surface area is 243 Å². The number of aromatic nitrogens is 1. The van der Waals surface area contributed by atoms with E-state index in [1.54, 1.807) is 7.11 Å². The van der Waals surface area contributed by atoms with Gasteiger partial charge in [-0.05, 0) is 98.5 Å². The molecule has 0 bridgehead atoms. The number of fused-ring (bicyclic) bond motifs is 3. The second-order valence-corrected chi connectivity index (χ2v) is 11.8. The second kappa shape index (κ2) is 11.8. The van der Waals surface area contributed by atoms with Crippen molar-refractivity contribution in [2.75, 3.05) is 20.2 Å². The van der Waals surface area contributed by atoms with Crippen molar-refractivity contribution in [2.24, 2.45) is 10.9 Å². The third-order valence-corrected chi connectivity index (χ3v) is 8.69. The second-order valence-electron chi connectivity index (χ2n) is 11.8. The molecule has 0 aliphatic carbocycles. The van der Waals surface area contributed by atoms with E-state index in [9.17, 15) is 5.26 Å². The average Bonchev–Trinajstić information content (AvgIpc) is 3.00. The minimum atomic E-state index is 0.172. The number of piperidine rings is 1. The molecule has 4 aromatic rings. The van der Waals surface area contributed by atoms with Gasteiger partial charge in [-0.15, -0.1) is 0 Å². The van der Waals surface area contributed by atoms with Crippen molar-refractivity contribution in [1.82, 2.24) is 9.88 Å². The van der Waals surface area contributed by atoms with Gasteiger partial charge in [-0.2, -0.15) is 5.26 Å². The number of hydrogen-bond donors (Lipinski definition) is 0. The lowest BCUT2D eigenvalue weighted by molar-refractivity contribution is 0.185. The third kappa shape index (κ3) is 5.89. The van der Waals surface area contributed by atoms with E-state index in [1.807, 2.05) is 30.5 Å². The summed E-state index contributed by atoms with van der Waals surface area (Å²) in [5.74, 6) is 1.73. The molecule has 1 atom stereocenters. The highest BCUT2D eigenvalue weighted by atomic mass is 16.5. The van der Waals surface area contributed by atoms with E-state index in [4.69, 9.17) is 14.7 Å². The SMILES string of the molecule is COc1cc2ncc3c(c2cc1CCc1cccc(CN2CCC(C)CC2)c1)C(c1ccc(C#N)cc1)=N[C@@H](C)C3. The zero-order valence-electron chi connectivity index (χ0n) is 24.4. The first-order chi connectivity index (χ1) is 20.0. The van der Waals surface area contributed by atoms with Crippen LogP contribution in [0.1, 0.15) is 65.6 Å². The number of aliphatic imine (C=N–C) groups is 1. The van der Waals surface area contributed by atoms with Crippen LogP contribution in [0.5, 0.6) is 5.75 Å². The molecule has 2 aliphatic heterocycles. The van der Waals surface area contributed by atoms with Crippen LogP contribution in [0.15, 0.2) is 71.9 Å². The summed E-state index contributed by atoms with van der Waals surface area (Å²) in [6.07, 6.45) is 7.30. The Morgan fingerprint density at radius 1 is 0.976 bits per heavy atom.